The molecule has 194 valence electrons. The number of rotatable bonds is 7. The maximum absolute atomic E-state index is 13.4. The minimum absolute atomic E-state index is 0.206. The molecule has 37 heavy (non-hydrogen) atoms. The Morgan fingerprint density at radius 1 is 1.08 bits per heavy atom. The fraction of sp³-hybridized carbons (Fsp3) is 0.483. The molecule has 0 saturated carbocycles. The van der Waals surface area contributed by atoms with E-state index in [2.05, 4.69) is 26.3 Å². The molecule has 0 spiro atoms. The highest BCUT2D eigenvalue weighted by molar-refractivity contribution is 8.13. The van der Waals surface area contributed by atoms with Crippen molar-refractivity contribution in [3.63, 3.8) is 0 Å². The highest BCUT2D eigenvalue weighted by Crippen LogP contribution is 2.28. The van der Waals surface area contributed by atoms with E-state index < -0.39 is 0 Å². The van der Waals surface area contributed by atoms with E-state index in [-0.39, 0.29) is 5.82 Å². The Bertz CT molecular complexity index is 1310. The van der Waals surface area contributed by atoms with Crippen molar-refractivity contribution in [2.45, 2.75) is 45.6 Å². The molecule has 2 fully saturated rings. The Balaban J connectivity index is 1.07. The second kappa shape index (κ2) is 11.0. The van der Waals surface area contributed by atoms with Crippen LogP contribution in [0.2, 0.25) is 0 Å². The van der Waals surface area contributed by atoms with Crippen LogP contribution in [0.1, 0.15) is 44.0 Å². The molecule has 5 heterocycles. The summed E-state index contributed by atoms with van der Waals surface area (Å²) in [6, 6.07) is 10.7. The molecule has 0 N–H and O–H groups in total. The number of halogens is 1. The van der Waals surface area contributed by atoms with Gasteiger partial charge in [0.1, 0.15) is 17.2 Å². The third-order valence-corrected chi connectivity index (χ3v) is 9.08. The second-order valence-electron chi connectivity index (χ2n) is 10.5. The van der Waals surface area contributed by atoms with Crippen LogP contribution in [0.15, 0.2) is 58.9 Å². The number of benzene rings is 1. The van der Waals surface area contributed by atoms with Crippen LogP contribution in [0.25, 0.3) is 11.2 Å². The summed E-state index contributed by atoms with van der Waals surface area (Å²) < 4.78 is 15.7. The number of aliphatic imine (C=N–C) groups is 1. The summed E-state index contributed by atoms with van der Waals surface area (Å²) in [5.41, 5.74) is 5.66. The molecule has 0 unspecified atom stereocenters. The van der Waals surface area contributed by atoms with Gasteiger partial charge in [0, 0.05) is 43.7 Å². The fourth-order valence-corrected chi connectivity index (χ4v) is 6.74. The lowest BCUT2D eigenvalue weighted by molar-refractivity contribution is 0.183. The van der Waals surface area contributed by atoms with Crippen LogP contribution in [0.3, 0.4) is 0 Å². The van der Waals surface area contributed by atoms with Crippen molar-refractivity contribution in [3.05, 3.63) is 71.1 Å². The Morgan fingerprint density at radius 2 is 1.92 bits per heavy atom. The average Bonchev–Trinajstić information content (AvgIpc) is 3.26. The highest BCUT2D eigenvalue weighted by atomic mass is 32.2. The average molecular weight is 519 g/mol. The number of pyridine rings is 1. The van der Waals surface area contributed by atoms with Crippen LogP contribution >= 0.6 is 11.8 Å². The fourth-order valence-electron chi connectivity index (χ4n) is 5.75. The van der Waals surface area contributed by atoms with Gasteiger partial charge in [-0.3, -0.25) is 0 Å². The number of likely N-dealkylation sites (tertiary alicyclic amines) is 1. The number of imidazole rings is 1. The van der Waals surface area contributed by atoms with Gasteiger partial charge in [-0.05, 0) is 87.0 Å². The van der Waals surface area contributed by atoms with Crippen molar-refractivity contribution in [1.29, 1.82) is 0 Å². The van der Waals surface area contributed by atoms with Gasteiger partial charge in [-0.25, -0.2) is 19.4 Å². The Labute approximate surface area is 222 Å². The first-order valence-corrected chi connectivity index (χ1v) is 14.5. The number of thioether (sulfide) groups is 1. The number of aromatic nitrogens is 3. The van der Waals surface area contributed by atoms with Crippen LogP contribution in [0.5, 0.6) is 0 Å². The zero-order chi connectivity index (χ0) is 25.2. The first kappa shape index (κ1) is 24.6. The van der Waals surface area contributed by atoms with Gasteiger partial charge in [-0.2, -0.15) is 0 Å². The number of fused-ring (bicyclic) bond motifs is 2. The molecule has 0 bridgehead atoms. The standard InChI is InChI=1S/C29H35FN6S/c1-21-24(20-35-13-3-17-37-29(35)32-21)11-16-34-14-9-22(10-15-34)18-27-33-26-4-2-12-31-28(26)36(27)19-23-5-7-25(30)8-6-23/h2,4-8,12,22H,3,9-11,13-20H2,1H3. The number of piperidine rings is 1. The monoisotopic (exact) mass is 518 g/mol. The summed E-state index contributed by atoms with van der Waals surface area (Å²) in [7, 11) is 0. The molecular formula is C29H35FN6S. The van der Waals surface area contributed by atoms with E-state index in [0.717, 1.165) is 68.1 Å². The maximum Gasteiger partial charge on any atom is 0.164 e. The van der Waals surface area contributed by atoms with Gasteiger partial charge in [0.05, 0.1) is 6.54 Å². The molecule has 0 radical (unpaired) electrons. The van der Waals surface area contributed by atoms with Gasteiger partial charge in [0.15, 0.2) is 10.8 Å². The minimum Gasteiger partial charge on any atom is -0.347 e. The summed E-state index contributed by atoms with van der Waals surface area (Å²) in [6.07, 6.45) is 7.55. The lowest BCUT2D eigenvalue weighted by atomic mass is 9.93. The number of hydrogen-bond donors (Lipinski definition) is 0. The number of nitrogens with zero attached hydrogens (tertiary/aromatic N) is 6. The maximum atomic E-state index is 13.4. The minimum atomic E-state index is -0.206. The van der Waals surface area contributed by atoms with Crippen molar-refractivity contribution < 1.29 is 4.39 Å². The molecule has 2 saturated heterocycles. The number of hydrogen-bond acceptors (Lipinski definition) is 6. The highest BCUT2D eigenvalue weighted by Gasteiger charge is 2.25. The molecule has 6 rings (SSSR count). The quantitative estimate of drug-likeness (QED) is 0.422. The van der Waals surface area contributed by atoms with E-state index in [1.165, 1.54) is 53.6 Å². The predicted molar refractivity (Wildman–Crippen MR) is 149 cm³/mol. The van der Waals surface area contributed by atoms with Gasteiger partial charge in [0.25, 0.3) is 0 Å². The molecule has 1 aromatic carbocycles. The van der Waals surface area contributed by atoms with Gasteiger partial charge < -0.3 is 14.4 Å². The summed E-state index contributed by atoms with van der Waals surface area (Å²) >= 11 is 1.91. The van der Waals surface area contributed by atoms with Crippen molar-refractivity contribution >= 4 is 28.1 Å². The Hall–Kier alpha value is -2.71. The van der Waals surface area contributed by atoms with E-state index in [1.54, 1.807) is 0 Å². The van der Waals surface area contributed by atoms with Crippen LogP contribution < -0.4 is 0 Å². The topological polar surface area (TPSA) is 49.6 Å². The van der Waals surface area contributed by atoms with E-state index in [9.17, 15) is 4.39 Å². The molecule has 3 aromatic rings. The lowest BCUT2D eigenvalue weighted by Gasteiger charge is -2.35. The van der Waals surface area contributed by atoms with Crippen molar-refractivity contribution in [3.8, 4) is 0 Å². The third kappa shape index (κ3) is 5.60. The van der Waals surface area contributed by atoms with Gasteiger partial charge in [-0.15, -0.1) is 0 Å². The predicted octanol–water partition coefficient (Wildman–Crippen LogP) is 5.35. The van der Waals surface area contributed by atoms with Crippen molar-refractivity contribution in [1.82, 2.24) is 24.3 Å². The second-order valence-corrected chi connectivity index (χ2v) is 11.6. The molecule has 3 aliphatic rings. The van der Waals surface area contributed by atoms with Crippen LogP contribution in [-0.4, -0.2) is 68.0 Å². The first-order valence-electron chi connectivity index (χ1n) is 13.5. The Morgan fingerprint density at radius 3 is 2.76 bits per heavy atom. The van der Waals surface area contributed by atoms with Crippen LogP contribution in [-0.2, 0) is 13.0 Å². The molecule has 0 amide bonds. The summed E-state index contributed by atoms with van der Waals surface area (Å²) in [5.74, 6) is 2.70. The molecule has 3 aliphatic heterocycles. The number of amidine groups is 1. The zero-order valence-electron chi connectivity index (χ0n) is 21.6. The van der Waals surface area contributed by atoms with E-state index in [0.29, 0.717) is 12.5 Å². The van der Waals surface area contributed by atoms with E-state index in [4.69, 9.17) is 9.98 Å². The zero-order valence-corrected chi connectivity index (χ0v) is 22.4. The molecule has 0 aliphatic carbocycles. The van der Waals surface area contributed by atoms with Gasteiger partial charge in [0.2, 0.25) is 0 Å². The molecule has 8 heteroatoms. The molecule has 6 nitrogen and oxygen atoms in total. The van der Waals surface area contributed by atoms with Crippen LogP contribution in [0.4, 0.5) is 4.39 Å². The normalized spacial score (nSPS) is 19.4. The molecule has 2 aromatic heterocycles. The first-order chi connectivity index (χ1) is 18.1. The Kier molecular flexibility index (Phi) is 7.29. The van der Waals surface area contributed by atoms with Crippen molar-refractivity contribution in [2.24, 2.45) is 10.9 Å². The lowest BCUT2D eigenvalue weighted by Crippen LogP contribution is -2.39. The summed E-state index contributed by atoms with van der Waals surface area (Å²) in [5, 5.41) is 1.23. The van der Waals surface area contributed by atoms with Crippen LogP contribution in [0, 0.1) is 11.7 Å². The van der Waals surface area contributed by atoms with E-state index >= 15 is 0 Å². The van der Waals surface area contributed by atoms with Gasteiger partial charge >= 0.3 is 0 Å². The van der Waals surface area contributed by atoms with Gasteiger partial charge in [-0.1, -0.05) is 23.9 Å². The number of allylic oxidation sites excluding steroid dienone is 1. The summed E-state index contributed by atoms with van der Waals surface area (Å²) in [6.45, 7) is 8.47. The van der Waals surface area contributed by atoms with Crippen molar-refractivity contribution in [2.75, 3.05) is 38.5 Å². The molecule has 0 atom stereocenters. The smallest absolute Gasteiger partial charge is 0.164 e. The SMILES string of the molecule is CC1=C(CCN2CCC(Cc3nc4cccnc4n3Cc3ccc(F)cc3)CC2)CN2CCCSC2=N1. The molecular weight excluding hydrogens is 483 g/mol. The summed E-state index contributed by atoms with van der Waals surface area (Å²) in [4.78, 5) is 19.6. The van der Waals surface area contributed by atoms with E-state index in [1.807, 2.05) is 42.2 Å². The third-order valence-electron chi connectivity index (χ3n) is 7.98. The largest absolute Gasteiger partial charge is 0.347 e.